The van der Waals surface area contributed by atoms with Crippen LogP contribution >= 0.6 is 11.6 Å². The van der Waals surface area contributed by atoms with E-state index in [0.717, 1.165) is 0 Å². The van der Waals surface area contributed by atoms with Gasteiger partial charge >= 0.3 is 0 Å². The van der Waals surface area contributed by atoms with E-state index in [1.54, 1.807) is 30.5 Å². The van der Waals surface area contributed by atoms with E-state index in [9.17, 15) is 14.4 Å². The van der Waals surface area contributed by atoms with E-state index in [4.69, 9.17) is 11.6 Å². The van der Waals surface area contributed by atoms with Gasteiger partial charge in [-0.2, -0.15) is 0 Å². The summed E-state index contributed by atoms with van der Waals surface area (Å²) in [6.45, 7) is 0.665. The number of benzene rings is 1. The molecule has 0 radical (unpaired) electrons. The molecule has 0 spiro atoms. The second-order valence-electron chi connectivity index (χ2n) is 5.04. The zero-order valence-electron chi connectivity index (χ0n) is 11.7. The van der Waals surface area contributed by atoms with Crippen LogP contribution in [0.25, 0.3) is 0 Å². The van der Waals surface area contributed by atoms with Crippen LogP contribution in [0.3, 0.4) is 0 Å². The molecule has 5 nitrogen and oxygen atoms in total. The number of pyridine rings is 1. The quantitative estimate of drug-likeness (QED) is 0.812. The van der Waals surface area contributed by atoms with Crippen LogP contribution in [-0.2, 0) is 6.54 Å². The van der Waals surface area contributed by atoms with Gasteiger partial charge in [-0.25, -0.2) is 0 Å². The third-order valence-corrected chi connectivity index (χ3v) is 3.83. The van der Waals surface area contributed by atoms with Crippen molar-refractivity contribution in [1.29, 1.82) is 0 Å². The van der Waals surface area contributed by atoms with E-state index < -0.39 is 0 Å². The van der Waals surface area contributed by atoms with Crippen molar-refractivity contribution < 1.29 is 9.59 Å². The number of carbonyl (C=O) groups is 2. The summed E-state index contributed by atoms with van der Waals surface area (Å²) < 4.78 is 1.47. The van der Waals surface area contributed by atoms with Crippen molar-refractivity contribution in [2.45, 2.75) is 13.0 Å². The van der Waals surface area contributed by atoms with E-state index in [1.165, 1.54) is 21.6 Å². The van der Waals surface area contributed by atoms with Crippen molar-refractivity contribution in [1.82, 2.24) is 9.47 Å². The van der Waals surface area contributed by atoms with E-state index in [1.807, 2.05) is 0 Å². The SMILES string of the molecule is O=C1c2ccccc2C(=O)N1CCCn1cc(Cl)ccc1=O. The molecular formula is C16H13ClN2O3. The van der Waals surface area contributed by atoms with Crippen molar-refractivity contribution in [3.63, 3.8) is 0 Å². The van der Waals surface area contributed by atoms with Gasteiger partial charge < -0.3 is 4.57 Å². The number of imide groups is 1. The summed E-state index contributed by atoms with van der Waals surface area (Å²) >= 11 is 5.85. The van der Waals surface area contributed by atoms with Gasteiger partial charge in [0.25, 0.3) is 17.4 Å². The normalized spacial score (nSPS) is 13.6. The zero-order valence-corrected chi connectivity index (χ0v) is 12.4. The molecule has 6 heteroatoms. The molecular weight excluding hydrogens is 304 g/mol. The topological polar surface area (TPSA) is 59.4 Å². The van der Waals surface area contributed by atoms with E-state index >= 15 is 0 Å². The Morgan fingerprint density at radius 2 is 1.50 bits per heavy atom. The van der Waals surface area contributed by atoms with E-state index in [0.29, 0.717) is 29.1 Å². The molecule has 1 aromatic carbocycles. The minimum absolute atomic E-state index is 0.160. The average molecular weight is 317 g/mol. The fraction of sp³-hybridized carbons (Fsp3) is 0.188. The number of carbonyl (C=O) groups excluding carboxylic acids is 2. The van der Waals surface area contributed by atoms with Crippen molar-refractivity contribution in [3.8, 4) is 0 Å². The maximum absolute atomic E-state index is 12.2. The molecule has 22 heavy (non-hydrogen) atoms. The summed E-state index contributed by atoms with van der Waals surface area (Å²) in [5, 5.41) is 0.473. The number of hydrogen-bond donors (Lipinski definition) is 0. The number of aryl methyl sites for hydroxylation is 1. The Labute approximate surface area is 131 Å². The number of nitrogens with zero attached hydrogens (tertiary/aromatic N) is 2. The largest absolute Gasteiger partial charge is 0.314 e. The van der Waals surface area contributed by atoms with Crippen LogP contribution in [0.1, 0.15) is 27.1 Å². The number of aromatic nitrogens is 1. The Morgan fingerprint density at radius 1 is 0.864 bits per heavy atom. The zero-order chi connectivity index (χ0) is 15.7. The average Bonchev–Trinajstić information content (AvgIpc) is 2.76. The molecule has 1 aliphatic rings. The lowest BCUT2D eigenvalue weighted by Gasteiger charge is -2.14. The van der Waals surface area contributed by atoms with Gasteiger partial charge in [0.15, 0.2) is 0 Å². The van der Waals surface area contributed by atoms with E-state index in [2.05, 4.69) is 0 Å². The number of rotatable bonds is 4. The highest BCUT2D eigenvalue weighted by atomic mass is 35.5. The number of hydrogen-bond acceptors (Lipinski definition) is 3. The van der Waals surface area contributed by atoms with Crippen LogP contribution in [0.2, 0.25) is 5.02 Å². The van der Waals surface area contributed by atoms with Crippen LogP contribution in [-0.4, -0.2) is 27.8 Å². The number of halogens is 1. The van der Waals surface area contributed by atoms with Crippen molar-refractivity contribution in [2.75, 3.05) is 6.54 Å². The summed E-state index contributed by atoms with van der Waals surface area (Å²) in [5.74, 6) is -0.557. The van der Waals surface area contributed by atoms with Gasteiger partial charge in [0.05, 0.1) is 16.1 Å². The summed E-state index contributed by atoms with van der Waals surface area (Å²) in [6, 6.07) is 9.70. The van der Waals surface area contributed by atoms with Crippen LogP contribution in [0.15, 0.2) is 47.4 Å². The molecule has 2 aromatic rings. The molecule has 0 unspecified atom stereocenters. The number of amides is 2. The molecule has 0 bridgehead atoms. The minimum atomic E-state index is -0.279. The highest BCUT2D eigenvalue weighted by Crippen LogP contribution is 2.22. The van der Waals surface area contributed by atoms with Gasteiger partial charge in [0.2, 0.25) is 0 Å². The third-order valence-electron chi connectivity index (χ3n) is 3.61. The maximum atomic E-state index is 12.2. The molecule has 3 rings (SSSR count). The van der Waals surface area contributed by atoms with Gasteiger partial charge in [0, 0.05) is 25.4 Å². The Morgan fingerprint density at radius 3 is 2.14 bits per heavy atom. The highest BCUT2D eigenvalue weighted by Gasteiger charge is 2.34. The van der Waals surface area contributed by atoms with Crippen molar-refractivity contribution in [2.24, 2.45) is 0 Å². The molecule has 0 N–H and O–H groups in total. The molecule has 0 saturated heterocycles. The molecule has 1 aliphatic heterocycles. The van der Waals surface area contributed by atoms with Crippen LogP contribution in [0.5, 0.6) is 0 Å². The highest BCUT2D eigenvalue weighted by molar-refractivity contribution is 6.30. The fourth-order valence-corrected chi connectivity index (χ4v) is 2.70. The Bertz CT molecular complexity index is 778. The number of fused-ring (bicyclic) bond motifs is 1. The lowest BCUT2D eigenvalue weighted by molar-refractivity contribution is 0.0650. The second-order valence-corrected chi connectivity index (χ2v) is 5.48. The molecule has 112 valence electrons. The Hall–Kier alpha value is -2.40. The first-order valence-corrected chi connectivity index (χ1v) is 7.27. The van der Waals surface area contributed by atoms with Crippen molar-refractivity contribution >= 4 is 23.4 Å². The van der Waals surface area contributed by atoms with Gasteiger partial charge in [-0.15, -0.1) is 0 Å². The molecule has 2 amide bonds. The Balaban J connectivity index is 1.68. The summed E-state index contributed by atoms with van der Waals surface area (Å²) in [4.78, 5) is 37.3. The molecule has 1 aromatic heterocycles. The monoisotopic (exact) mass is 316 g/mol. The first-order chi connectivity index (χ1) is 10.6. The summed E-state index contributed by atoms with van der Waals surface area (Å²) in [7, 11) is 0. The Kier molecular flexibility index (Phi) is 3.81. The lowest BCUT2D eigenvalue weighted by atomic mass is 10.1. The van der Waals surface area contributed by atoms with Crippen LogP contribution in [0, 0.1) is 0 Å². The summed E-state index contributed by atoms with van der Waals surface area (Å²) in [6.07, 6.45) is 2.04. The van der Waals surface area contributed by atoms with E-state index in [-0.39, 0.29) is 23.9 Å². The predicted octanol–water partition coefficient (Wildman–Crippen LogP) is 2.19. The third kappa shape index (κ3) is 2.55. The standard InChI is InChI=1S/C16H13ClN2O3/c17-11-6-7-14(20)18(10-11)8-3-9-19-15(21)12-4-1-2-5-13(12)16(19)22/h1-2,4-7,10H,3,8-9H2. The van der Waals surface area contributed by atoms with Gasteiger partial charge in [-0.05, 0) is 24.6 Å². The summed E-state index contributed by atoms with van der Waals surface area (Å²) in [5.41, 5.74) is 0.714. The molecule has 2 heterocycles. The lowest BCUT2D eigenvalue weighted by Crippen LogP contribution is -2.32. The molecule has 0 aliphatic carbocycles. The van der Waals surface area contributed by atoms with Gasteiger partial charge in [-0.3, -0.25) is 19.3 Å². The fourth-order valence-electron chi connectivity index (χ4n) is 2.52. The predicted molar refractivity (Wildman–Crippen MR) is 82.1 cm³/mol. The van der Waals surface area contributed by atoms with Gasteiger partial charge in [-0.1, -0.05) is 23.7 Å². The maximum Gasteiger partial charge on any atom is 0.261 e. The smallest absolute Gasteiger partial charge is 0.261 e. The van der Waals surface area contributed by atoms with Crippen molar-refractivity contribution in [3.05, 3.63) is 69.1 Å². The van der Waals surface area contributed by atoms with Crippen LogP contribution in [0.4, 0.5) is 0 Å². The first kappa shape index (κ1) is 14.5. The molecule has 0 saturated carbocycles. The second kappa shape index (κ2) is 5.77. The molecule has 0 fully saturated rings. The first-order valence-electron chi connectivity index (χ1n) is 6.89. The van der Waals surface area contributed by atoms with Crippen LogP contribution < -0.4 is 5.56 Å². The van der Waals surface area contributed by atoms with Gasteiger partial charge in [0.1, 0.15) is 0 Å². The minimum Gasteiger partial charge on any atom is -0.314 e. The molecule has 0 atom stereocenters.